The summed E-state index contributed by atoms with van der Waals surface area (Å²) in [5.41, 5.74) is 2.03. The fourth-order valence-corrected chi connectivity index (χ4v) is 4.55. The predicted molar refractivity (Wildman–Crippen MR) is 114 cm³/mol. The van der Waals surface area contributed by atoms with E-state index in [0.717, 1.165) is 30.5 Å². The monoisotopic (exact) mass is 426 g/mol. The first kappa shape index (κ1) is 21.6. The van der Waals surface area contributed by atoms with Gasteiger partial charge in [0.2, 0.25) is 0 Å². The largest absolute Gasteiger partial charge is 0.466 e. The molecule has 0 saturated carbocycles. The average Bonchev–Trinajstić information content (AvgIpc) is 3.47. The molecule has 0 radical (unpaired) electrons. The van der Waals surface area contributed by atoms with E-state index < -0.39 is 11.5 Å². The van der Waals surface area contributed by atoms with Crippen molar-refractivity contribution in [2.45, 2.75) is 52.1 Å². The van der Waals surface area contributed by atoms with E-state index in [4.69, 9.17) is 14.0 Å². The third-order valence-electron chi connectivity index (χ3n) is 6.22. The number of likely N-dealkylation sites (tertiary alicyclic amines) is 1. The first-order valence-electron chi connectivity index (χ1n) is 11.1. The van der Waals surface area contributed by atoms with Crippen molar-refractivity contribution in [3.05, 3.63) is 41.7 Å². The van der Waals surface area contributed by atoms with Crippen molar-refractivity contribution in [2.24, 2.45) is 5.41 Å². The maximum absolute atomic E-state index is 13.1. The number of hydrogen-bond acceptors (Lipinski definition) is 6. The lowest BCUT2D eigenvalue weighted by Crippen LogP contribution is -2.53. The molecule has 166 valence electrons. The second-order valence-electron chi connectivity index (χ2n) is 8.59. The fourth-order valence-electron chi connectivity index (χ4n) is 4.55. The number of nitrogens with zero attached hydrogens (tertiary/aromatic N) is 2. The van der Waals surface area contributed by atoms with E-state index >= 15 is 0 Å². The minimum atomic E-state index is -0.841. The summed E-state index contributed by atoms with van der Waals surface area (Å²) in [7, 11) is 0. The van der Waals surface area contributed by atoms with Crippen LogP contribution >= 0.6 is 0 Å². The van der Waals surface area contributed by atoms with Gasteiger partial charge in [0.25, 0.3) is 5.91 Å². The minimum absolute atomic E-state index is 0.0243. The molecule has 7 heteroatoms. The van der Waals surface area contributed by atoms with Gasteiger partial charge in [-0.15, -0.1) is 0 Å². The molecule has 1 amide bonds. The van der Waals surface area contributed by atoms with Crippen molar-refractivity contribution in [1.82, 2.24) is 10.1 Å². The van der Waals surface area contributed by atoms with Gasteiger partial charge in [-0.25, -0.2) is 0 Å². The van der Waals surface area contributed by atoms with E-state index in [0.29, 0.717) is 44.9 Å². The van der Waals surface area contributed by atoms with Crippen LogP contribution in [0, 0.1) is 12.3 Å². The molecule has 7 nitrogen and oxygen atoms in total. The highest BCUT2D eigenvalue weighted by molar-refractivity contribution is 5.83. The number of carbonyl (C=O) groups excluding carboxylic acids is 2. The number of rotatable bonds is 6. The van der Waals surface area contributed by atoms with Crippen LogP contribution in [0.25, 0.3) is 11.3 Å². The summed E-state index contributed by atoms with van der Waals surface area (Å²) in [4.78, 5) is 27.8. The molecular weight excluding hydrogens is 396 g/mol. The smallest absolute Gasteiger partial charge is 0.314 e. The maximum atomic E-state index is 13.1. The summed E-state index contributed by atoms with van der Waals surface area (Å²) in [6, 6.07) is 9.94. The minimum Gasteiger partial charge on any atom is -0.466 e. The second kappa shape index (κ2) is 9.22. The van der Waals surface area contributed by atoms with Gasteiger partial charge < -0.3 is 18.9 Å². The molecule has 0 aliphatic carbocycles. The zero-order valence-corrected chi connectivity index (χ0v) is 18.3. The van der Waals surface area contributed by atoms with E-state index in [2.05, 4.69) is 5.16 Å². The summed E-state index contributed by atoms with van der Waals surface area (Å²) >= 11 is 0. The molecule has 0 spiro atoms. The van der Waals surface area contributed by atoms with Gasteiger partial charge in [-0.05, 0) is 39.5 Å². The Morgan fingerprint density at radius 2 is 2.06 bits per heavy atom. The molecule has 2 fully saturated rings. The van der Waals surface area contributed by atoms with Crippen molar-refractivity contribution in [2.75, 3.05) is 26.3 Å². The Morgan fingerprint density at radius 3 is 2.77 bits per heavy atom. The SMILES string of the molecule is CCOC(=O)C1(Cc2cc(-c3ccc(C)cc3)no2)CCCN(C(=O)C2CCCO2)C1. The van der Waals surface area contributed by atoms with Gasteiger partial charge >= 0.3 is 5.97 Å². The van der Waals surface area contributed by atoms with Gasteiger partial charge in [0, 0.05) is 37.7 Å². The maximum Gasteiger partial charge on any atom is 0.314 e. The molecule has 2 aliphatic rings. The van der Waals surface area contributed by atoms with Crippen LogP contribution in [-0.4, -0.2) is 54.3 Å². The van der Waals surface area contributed by atoms with Gasteiger partial charge in [-0.3, -0.25) is 9.59 Å². The predicted octanol–water partition coefficient (Wildman–Crippen LogP) is 3.54. The summed E-state index contributed by atoms with van der Waals surface area (Å²) in [5.74, 6) is 0.312. The third kappa shape index (κ3) is 4.66. The Morgan fingerprint density at radius 1 is 1.26 bits per heavy atom. The zero-order valence-electron chi connectivity index (χ0n) is 18.3. The van der Waals surface area contributed by atoms with E-state index in [9.17, 15) is 9.59 Å². The first-order valence-corrected chi connectivity index (χ1v) is 11.1. The third-order valence-corrected chi connectivity index (χ3v) is 6.22. The van der Waals surface area contributed by atoms with Crippen molar-refractivity contribution in [3.8, 4) is 11.3 Å². The Balaban J connectivity index is 1.55. The van der Waals surface area contributed by atoms with Crippen LogP contribution in [0.15, 0.2) is 34.9 Å². The van der Waals surface area contributed by atoms with Crippen molar-refractivity contribution in [1.29, 1.82) is 0 Å². The number of ether oxygens (including phenoxy) is 2. The number of aryl methyl sites for hydroxylation is 1. The molecule has 0 N–H and O–H groups in total. The second-order valence-corrected chi connectivity index (χ2v) is 8.59. The van der Waals surface area contributed by atoms with Crippen LogP contribution in [0.2, 0.25) is 0 Å². The molecule has 3 heterocycles. The Labute approximate surface area is 182 Å². The number of benzene rings is 1. The lowest BCUT2D eigenvalue weighted by Gasteiger charge is -2.41. The van der Waals surface area contributed by atoms with E-state index in [1.165, 1.54) is 5.56 Å². The molecule has 2 aliphatic heterocycles. The molecule has 2 unspecified atom stereocenters. The normalized spacial score (nSPS) is 23.7. The number of hydrogen-bond donors (Lipinski definition) is 0. The van der Waals surface area contributed by atoms with Gasteiger partial charge in [0.15, 0.2) is 0 Å². The summed E-state index contributed by atoms with van der Waals surface area (Å²) in [5, 5.41) is 4.21. The topological polar surface area (TPSA) is 81.9 Å². The molecular formula is C24H30N2O5. The fraction of sp³-hybridized carbons (Fsp3) is 0.542. The highest BCUT2D eigenvalue weighted by Crippen LogP contribution is 2.37. The summed E-state index contributed by atoms with van der Waals surface area (Å²) in [6.45, 7) is 5.69. The van der Waals surface area contributed by atoms with E-state index in [1.54, 1.807) is 11.8 Å². The molecule has 4 rings (SSSR count). The van der Waals surface area contributed by atoms with Gasteiger partial charge in [0.1, 0.15) is 17.6 Å². The number of carbonyl (C=O) groups is 2. The molecule has 2 saturated heterocycles. The van der Waals surface area contributed by atoms with Crippen LogP contribution in [0.1, 0.15) is 43.9 Å². The highest BCUT2D eigenvalue weighted by Gasteiger charge is 2.46. The van der Waals surface area contributed by atoms with Crippen LogP contribution in [0.3, 0.4) is 0 Å². The molecule has 1 aromatic carbocycles. The lowest BCUT2D eigenvalue weighted by molar-refractivity contribution is -0.162. The van der Waals surface area contributed by atoms with Crippen molar-refractivity contribution in [3.63, 3.8) is 0 Å². The highest BCUT2D eigenvalue weighted by atomic mass is 16.5. The number of esters is 1. The Kier molecular flexibility index (Phi) is 6.41. The molecule has 2 aromatic rings. The van der Waals surface area contributed by atoms with E-state index in [1.807, 2.05) is 37.3 Å². The van der Waals surface area contributed by atoms with Gasteiger partial charge in [-0.1, -0.05) is 35.0 Å². The molecule has 31 heavy (non-hydrogen) atoms. The summed E-state index contributed by atoms with van der Waals surface area (Å²) in [6.07, 6.45) is 2.96. The van der Waals surface area contributed by atoms with Crippen LogP contribution in [0.5, 0.6) is 0 Å². The Hall–Kier alpha value is -2.67. The number of piperidine rings is 1. The number of amides is 1. The van der Waals surface area contributed by atoms with Crippen LogP contribution < -0.4 is 0 Å². The number of aromatic nitrogens is 1. The van der Waals surface area contributed by atoms with Crippen LogP contribution in [0.4, 0.5) is 0 Å². The Bertz CT molecular complexity index is 916. The van der Waals surface area contributed by atoms with Gasteiger partial charge in [0.05, 0.1) is 12.0 Å². The lowest BCUT2D eigenvalue weighted by atomic mass is 9.76. The molecule has 1 aromatic heterocycles. The molecule has 0 bridgehead atoms. The van der Waals surface area contributed by atoms with Gasteiger partial charge in [-0.2, -0.15) is 0 Å². The van der Waals surface area contributed by atoms with Crippen LogP contribution in [-0.2, 0) is 25.5 Å². The quantitative estimate of drug-likeness (QED) is 0.657. The zero-order chi connectivity index (χ0) is 21.8. The standard InChI is InChI=1S/C24H30N2O5/c1-3-29-23(28)24(11-5-12-26(16-24)22(27)21-6-4-13-30-21)15-19-14-20(25-31-19)18-9-7-17(2)8-10-18/h7-10,14,21H,3-6,11-13,15-16H2,1-2H3. The molecule has 2 atom stereocenters. The first-order chi connectivity index (χ1) is 15.0. The average molecular weight is 427 g/mol. The van der Waals surface area contributed by atoms with Crippen molar-refractivity contribution < 1.29 is 23.6 Å². The summed E-state index contributed by atoms with van der Waals surface area (Å²) < 4.78 is 16.6. The van der Waals surface area contributed by atoms with Crippen molar-refractivity contribution >= 4 is 11.9 Å². The van der Waals surface area contributed by atoms with E-state index in [-0.39, 0.29) is 11.9 Å².